The Kier molecular flexibility index (Phi) is 11.3. The molecule has 2 aliphatic rings. The average Bonchev–Trinajstić information content (AvgIpc) is 2.67. The number of carbonyl (C=O) groups is 1. The zero-order valence-corrected chi connectivity index (χ0v) is 17.8. The van der Waals surface area contributed by atoms with E-state index >= 15 is 0 Å². The van der Waals surface area contributed by atoms with Crippen molar-refractivity contribution in [2.24, 2.45) is 0 Å². The second-order valence-corrected chi connectivity index (χ2v) is 7.11. The summed E-state index contributed by atoms with van der Waals surface area (Å²) in [6.07, 6.45) is 2.91. The molecule has 3 rings (SSSR count). The third-order valence-electron chi connectivity index (χ3n) is 5.12. The van der Waals surface area contributed by atoms with Gasteiger partial charge in [0.15, 0.2) is 0 Å². The molecular weight excluding hydrogens is 385 g/mol. The lowest BCUT2D eigenvalue weighted by molar-refractivity contribution is -0.149. The Hall–Kier alpha value is -0.850. The molecule has 2 heterocycles. The summed E-state index contributed by atoms with van der Waals surface area (Å²) in [5.74, 6) is 0.167. The van der Waals surface area contributed by atoms with Gasteiger partial charge in [-0.1, -0.05) is 37.3 Å². The van der Waals surface area contributed by atoms with Crippen LogP contribution in [0.15, 0.2) is 30.3 Å². The Morgan fingerprint density at radius 1 is 1.30 bits per heavy atom. The fourth-order valence-electron chi connectivity index (χ4n) is 3.89. The number of hydrogen-bond donors (Lipinski definition) is 1. The van der Waals surface area contributed by atoms with Crippen LogP contribution in [0.5, 0.6) is 0 Å². The van der Waals surface area contributed by atoms with Gasteiger partial charge in [0.05, 0.1) is 6.61 Å². The molecule has 2 aliphatic heterocycles. The Bertz CT molecular complexity index is 541. The monoisotopic (exact) mass is 417 g/mol. The molecule has 0 aliphatic carbocycles. The number of amides is 1. The first-order valence-electron chi connectivity index (χ1n) is 9.67. The summed E-state index contributed by atoms with van der Waals surface area (Å²) in [4.78, 5) is 17.6. The van der Waals surface area contributed by atoms with Crippen LogP contribution in [0.2, 0.25) is 0 Å². The average molecular weight is 418 g/mol. The van der Waals surface area contributed by atoms with Crippen LogP contribution in [0.3, 0.4) is 0 Å². The Balaban J connectivity index is 0.00000182. The number of rotatable bonds is 6. The topological polar surface area (TPSA) is 44.8 Å². The van der Waals surface area contributed by atoms with E-state index in [1.807, 2.05) is 0 Å². The number of ether oxygens (including phenoxy) is 1. The van der Waals surface area contributed by atoms with E-state index in [0.717, 1.165) is 52.0 Å². The molecule has 7 heteroatoms. The zero-order chi connectivity index (χ0) is 17.5. The smallest absolute Gasteiger partial charge is 0.253 e. The van der Waals surface area contributed by atoms with Gasteiger partial charge in [-0.2, -0.15) is 0 Å². The Morgan fingerprint density at radius 2 is 2.07 bits per heavy atom. The van der Waals surface area contributed by atoms with Crippen molar-refractivity contribution in [3.63, 3.8) is 0 Å². The van der Waals surface area contributed by atoms with Crippen LogP contribution in [0.4, 0.5) is 0 Å². The molecule has 0 radical (unpaired) electrons. The van der Waals surface area contributed by atoms with E-state index in [9.17, 15) is 4.79 Å². The molecule has 2 atom stereocenters. The van der Waals surface area contributed by atoms with E-state index in [1.165, 1.54) is 5.56 Å². The van der Waals surface area contributed by atoms with Crippen LogP contribution < -0.4 is 5.32 Å². The van der Waals surface area contributed by atoms with Crippen molar-refractivity contribution in [1.29, 1.82) is 0 Å². The predicted octanol–water partition coefficient (Wildman–Crippen LogP) is 2.72. The highest BCUT2D eigenvalue weighted by Gasteiger charge is 2.33. The van der Waals surface area contributed by atoms with Gasteiger partial charge in [-0.3, -0.25) is 9.69 Å². The number of carbonyl (C=O) groups excluding carboxylic acids is 1. The third-order valence-corrected chi connectivity index (χ3v) is 5.12. The van der Waals surface area contributed by atoms with Gasteiger partial charge in [-0.05, 0) is 31.4 Å². The van der Waals surface area contributed by atoms with E-state index in [4.69, 9.17) is 4.74 Å². The number of hydrogen-bond acceptors (Lipinski definition) is 4. The van der Waals surface area contributed by atoms with Crippen molar-refractivity contribution in [3.8, 4) is 0 Å². The van der Waals surface area contributed by atoms with Crippen molar-refractivity contribution in [1.82, 2.24) is 15.1 Å². The van der Waals surface area contributed by atoms with Gasteiger partial charge in [0.2, 0.25) is 0 Å². The fraction of sp³-hybridized carbons (Fsp3) is 0.650. The van der Waals surface area contributed by atoms with Crippen LogP contribution in [-0.4, -0.2) is 67.2 Å². The molecule has 0 saturated carbocycles. The molecule has 2 saturated heterocycles. The molecule has 1 amide bonds. The summed E-state index contributed by atoms with van der Waals surface area (Å²) in [6.45, 7) is 8.11. The Labute approximate surface area is 175 Å². The van der Waals surface area contributed by atoms with E-state index in [-0.39, 0.29) is 36.8 Å². The quantitative estimate of drug-likeness (QED) is 0.772. The van der Waals surface area contributed by atoms with Crippen molar-refractivity contribution >= 4 is 30.7 Å². The van der Waals surface area contributed by atoms with Gasteiger partial charge in [0, 0.05) is 38.8 Å². The molecule has 154 valence electrons. The maximum Gasteiger partial charge on any atom is 0.253 e. The highest BCUT2D eigenvalue weighted by atomic mass is 35.5. The highest BCUT2D eigenvalue weighted by Crippen LogP contribution is 2.20. The SMILES string of the molecule is CCCN(C(=O)C1CNCCO1)C1CCCN(Cc2ccccc2)C1.Cl.Cl. The summed E-state index contributed by atoms with van der Waals surface area (Å²) in [7, 11) is 0. The molecule has 2 unspecified atom stereocenters. The molecule has 27 heavy (non-hydrogen) atoms. The largest absolute Gasteiger partial charge is 0.366 e. The number of nitrogens with one attached hydrogen (secondary N) is 1. The van der Waals surface area contributed by atoms with E-state index in [2.05, 4.69) is 52.4 Å². The normalized spacial score (nSPS) is 23.0. The summed E-state index contributed by atoms with van der Waals surface area (Å²) in [5, 5.41) is 3.27. The lowest BCUT2D eigenvalue weighted by atomic mass is 10.0. The summed E-state index contributed by atoms with van der Waals surface area (Å²) in [6, 6.07) is 10.9. The molecule has 2 fully saturated rings. The molecule has 1 aromatic carbocycles. The van der Waals surface area contributed by atoms with Crippen LogP contribution in [0, 0.1) is 0 Å². The molecular formula is C20H33Cl2N3O2. The van der Waals surface area contributed by atoms with Crippen LogP contribution in [0.1, 0.15) is 31.7 Å². The van der Waals surface area contributed by atoms with E-state index < -0.39 is 0 Å². The number of nitrogens with zero attached hydrogens (tertiary/aromatic N) is 2. The van der Waals surface area contributed by atoms with Gasteiger partial charge in [0.1, 0.15) is 6.10 Å². The first-order chi connectivity index (χ1) is 12.3. The summed E-state index contributed by atoms with van der Waals surface area (Å²) >= 11 is 0. The first kappa shape index (κ1) is 24.2. The van der Waals surface area contributed by atoms with E-state index in [1.54, 1.807) is 0 Å². The standard InChI is InChI=1S/C20H31N3O2.2ClH/c1-2-11-23(20(24)19-14-21-10-13-25-19)18-9-6-12-22(16-18)15-17-7-4-3-5-8-17;;/h3-5,7-8,18-19,21H,2,6,9-16H2,1H3;2*1H. The molecule has 5 nitrogen and oxygen atoms in total. The molecule has 1 aromatic rings. The Morgan fingerprint density at radius 3 is 2.74 bits per heavy atom. The number of likely N-dealkylation sites (tertiary alicyclic amines) is 1. The van der Waals surface area contributed by atoms with Crippen LogP contribution in [0.25, 0.3) is 0 Å². The van der Waals surface area contributed by atoms with Crippen LogP contribution in [-0.2, 0) is 16.1 Å². The second kappa shape index (κ2) is 12.6. The number of morpholine rings is 1. The summed E-state index contributed by atoms with van der Waals surface area (Å²) in [5.41, 5.74) is 1.34. The lowest BCUT2D eigenvalue weighted by Gasteiger charge is -2.41. The van der Waals surface area contributed by atoms with Gasteiger partial charge >= 0.3 is 0 Å². The summed E-state index contributed by atoms with van der Waals surface area (Å²) < 4.78 is 5.71. The van der Waals surface area contributed by atoms with Gasteiger partial charge in [-0.25, -0.2) is 0 Å². The fourth-order valence-corrected chi connectivity index (χ4v) is 3.89. The van der Waals surface area contributed by atoms with Gasteiger partial charge < -0.3 is 15.0 Å². The molecule has 0 aromatic heterocycles. The molecule has 1 N–H and O–H groups in total. The number of halogens is 2. The zero-order valence-electron chi connectivity index (χ0n) is 16.1. The minimum absolute atomic E-state index is 0. The van der Waals surface area contributed by atoms with Crippen molar-refractivity contribution in [3.05, 3.63) is 35.9 Å². The maximum atomic E-state index is 13.0. The molecule has 0 spiro atoms. The van der Waals surface area contributed by atoms with Crippen molar-refractivity contribution < 1.29 is 9.53 Å². The van der Waals surface area contributed by atoms with Gasteiger partial charge in [0.25, 0.3) is 5.91 Å². The van der Waals surface area contributed by atoms with Crippen LogP contribution >= 0.6 is 24.8 Å². The first-order valence-corrected chi connectivity index (χ1v) is 9.67. The minimum Gasteiger partial charge on any atom is -0.366 e. The van der Waals surface area contributed by atoms with Crippen molar-refractivity contribution in [2.45, 2.75) is 44.9 Å². The molecule has 0 bridgehead atoms. The second-order valence-electron chi connectivity index (χ2n) is 7.11. The van der Waals surface area contributed by atoms with Gasteiger partial charge in [-0.15, -0.1) is 24.8 Å². The lowest BCUT2D eigenvalue weighted by Crippen LogP contribution is -2.56. The third kappa shape index (κ3) is 6.91. The minimum atomic E-state index is -0.315. The maximum absolute atomic E-state index is 13.0. The number of piperidine rings is 1. The predicted molar refractivity (Wildman–Crippen MR) is 114 cm³/mol. The van der Waals surface area contributed by atoms with E-state index in [0.29, 0.717) is 19.2 Å². The van der Waals surface area contributed by atoms with Crippen molar-refractivity contribution in [2.75, 3.05) is 39.3 Å². The number of benzene rings is 1. The highest BCUT2D eigenvalue weighted by molar-refractivity contribution is 5.85.